The number of nitrogens with zero attached hydrogens (tertiary/aromatic N) is 1. The summed E-state index contributed by atoms with van der Waals surface area (Å²) in [5.74, 6) is 0. The van der Waals surface area contributed by atoms with Gasteiger partial charge in [-0.05, 0) is 38.8 Å². The van der Waals surface area contributed by atoms with E-state index in [2.05, 4.69) is 4.40 Å². The first-order chi connectivity index (χ1) is 8.06. The first kappa shape index (κ1) is 13.6. The zero-order valence-corrected chi connectivity index (χ0v) is 10.9. The maximum Gasteiger partial charge on any atom is 0.281 e. The number of aryl methyl sites for hydroxylation is 1. The SMILES string of the molecule is C/C=C/CCC=NS(=O)(=O)c1ccc(C)cc1. The van der Waals surface area contributed by atoms with Crippen LogP contribution >= 0.6 is 0 Å². The Labute approximate surface area is 103 Å². The Hall–Kier alpha value is -1.42. The number of unbranched alkanes of at least 4 members (excludes halogenated alkanes) is 1. The standard InChI is InChI=1S/C13H17NO2S/c1-3-4-5-6-11-14-17(15,16)13-9-7-12(2)8-10-13/h3-4,7-11H,5-6H2,1-2H3/b4-3+,14-11?. The third-order valence-electron chi connectivity index (χ3n) is 2.23. The molecule has 0 aliphatic rings. The van der Waals surface area contributed by atoms with E-state index in [4.69, 9.17) is 0 Å². The fourth-order valence-corrected chi connectivity index (χ4v) is 2.16. The minimum atomic E-state index is -3.52. The largest absolute Gasteiger partial charge is 0.281 e. The Bertz CT molecular complexity index is 499. The van der Waals surface area contributed by atoms with E-state index < -0.39 is 10.0 Å². The lowest BCUT2D eigenvalue weighted by Gasteiger charge is -1.98. The predicted molar refractivity (Wildman–Crippen MR) is 70.9 cm³/mol. The van der Waals surface area contributed by atoms with Crippen molar-refractivity contribution in [3.63, 3.8) is 0 Å². The number of hydrogen-bond acceptors (Lipinski definition) is 2. The van der Waals surface area contributed by atoms with Gasteiger partial charge in [-0.1, -0.05) is 29.8 Å². The molecule has 0 aromatic heterocycles. The van der Waals surface area contributed by atoms with Crippen LogP contribution in [0.15, 0.2) is 45.7 Å². The van der Waals surface area contributed by atoms with Crippen LogP contribution in [-0.4, -0.2) is 14.6 Å². The third-order valence-corrected chi connectivity index (χ3v) is 3.52. The van der Waals surface area contributed by atoms with Crippen LogP contribution in [0, 0.1) is 6.92 Å². The van der Waals surface area contributed by atoms with Gasteiger partial charge < -0.3 is 0 Å². The fraction of sp³-hybridized carbons (Fsp3) is 0.308. The molecule has 0 atom stereocenters. The van der Waals surface area contributed by atoms with E-state index in [1.165, 1.54) is 6.21 Å². The van der Waals surface area contributed by atoms with Crippen LogP contribution in [0.1, 0.15) is 25.3 Å². The molecular weight excluding hydrogens is 234 g/mol. The molecule has 0 heterocycles. The van der Waals surface area contributed by atoms with Gasteiger partial charge in [-0.25, -0.2) is 0 Å². The highest BCUT2D eigenvalue weighted by Gasteiger charge is 2.10. The lowest BCUT2D eigenvalue weighted by Crippen LogP contribution is -1.97. The summed E-state index contributed by atoms with van der Waals surface area (Å²) in [6.45, 7) is 3.84. The molecule has 0 saturated heterocycles. The summed E-state index contributed by atoms with van der Waals surface area (Å²) in [5.41, 5.74) is 1.03. The van der Waals surface area contributed by atoms with Crippen molar-refractivity contribution in [2.24, 2.45) is 4.40 Å². The monoisotopic (exact) mass is 251 g/mol. The molecule has 0 radical (unpaired) electrons. The van der Waals surface area contributed by atoms with E-state index in [9.17, 15) is 8.42 Å². The van der Waals surface area contributed by atoms with Crippen LogP contribution in [0.25, 0.3) is 0 Å². The van der Waals surface area contributed by atoms with Crippen molar-refractivity contribution in [2.45, 2.75) is 31.6 Å². The van der Waals surface area contributed by atoms with Gasteiger partial charge in [-0.3, -0.25) is 0 Å². The molecule has 0 bridgehead atoms. The highest BCUT2D eigenvalue weighted by atomic mass is 32.2. The summed E-state index contributed by atoms with van der Waals surface area (Å²) in [7, 11) is -3.52. The van der Waals surface area contributed by atoms with E-state index in [0.29, 0.717) is 6.42 Å². The molecule has 0 amide bonds. The number of rotatable bonds is 5. The Kier molecular flexibility index (Phi) is 5.10. The van der Waals surface area contributed by atoms with Crippen LogP contribution in [-0.2, 0) is 10.0 Å². The molecule has 0 N–H and O–H groups in total. The molecule has 0 aliphatic heterocycles. The first-order valence-corrected chi connectivity index (χ1v) is 6.97. The van der Waals surface area contributed by atoms with Gasteiger partial charge >= 0.3 is 0 Å². The zero-order chi connectivity index (χ0) is 12.7. The van der Waals surface area contributed by atoms with Crippen molar-refractivity contribution >= 4 is 16.2 Å². The van der Waals surface area contributed by atoms with Gasteiger partial charge in [-0.2, -0.15) is 12.8 Å². The van der Waals surface area contributed by atoms with Crippen molar-refractivity contribution < 1.29 is 8.42 Å². The highest BCUT2D eigenvalue weighted by molar-refractivity contribution is 7.90. The number of hydrogen-bond donors (Lipinski definition) is 0. The van der Waals surface area contributed by atoms with Gasteiger partial charge in [0.1, 0.15) is 0 Å². The van der Waals surface area contributed by atoms with Gasteiger partial charge in [-0.15, -0.1) is 0 Å². The van der Waals surface area contributed by atoms with Gasteiger partial charge in [0.05, 0.1) is 4.90 Å². The average molecular weight is 251 g/mol. The van der Waals surface area contributed by atoms with E-state index >= 15 is 0 Å². The molecule has 1 aromatic carbocycles. The van der Waals surface area contributed by atoms with Crippen molar-refractivity contribution in [2.75, 3.05) is 0 Å². The van der Waals surface area contributed by atoms with Crippen LogP contribution in [0.5, 0.6) is 0 Å². The molecule has 1 rings (SSSR count). The van der Waals surface area contributed by atoms with Crippen LogP contribution in [0.4, 0.5) is 0 Å². The van der Waals surface area contributed by atoms with Crippen molar-refractivity contribution in [1.29, 1.82) is 0 Å². The lowest BCUT2D eigenvalue weighted by atomic mass is 10.2. The molecule has 0 aliphatic carbocycles. The van der Waals surface area contributed by atoms with E-state index in [1.54, 1.807) is 24.3 Å². The molecule has 17 heavy (non-hydrogen) atoms. The Balaban J connectivity index is 2.72. The first-order valence-electron chi connectivity index (χ1n) is 5.53. The van der Waals surface area contributed by atoms with Crippen molar-refractivity contribution in [1.82, 2.24) is 0 Å². The van der Waals surface area contributed by atoms with Gasteiger partial charge in [0.25, 0.3) is 10.0 Å². The lowest BCUT2D eigenvalue weighted by molar-refractivity contribution is 0.598. The summed E-state index contributed by atoms with van der Waals surface area (Å²) in [5, 5.41) is 0. The number of sulfonamides is 1. The molecule has 3 nitrogen and oxygen atoms in total. The minimum Gasteiger partial charge on any atom is -0.199 e. The molecule has 4 heteroatoms. The molecule has 0 saturated carbocycles. The summed E-state index contributed by atoms with van der Waals surface area (Å²) in [6.07, 6.45) is 6.81. The molecular formula is C13H17NO2S. The molecule has 0 spiro atoms. The molecule has 1 aromatic rings. The Morgan fingerprint density at radius 1 is 1.18 bits per heavy atom. The normalized spacial score (nSPS) is 12.6. The Morgan fingerprint density at radius 3 is 2.41 bits per heavy atom. The summed E-state index contributed by atoms with van der Waals surface area (Å²) >= 11 is 0. The van der Waals surface area contributed by atoms with Gasteiger partial charge in [0.15, 0.2) is 0 Å². The van der Waals surface area contributed by atoms with E-state index in [-0.39, 0.29) is 4.90 Å². The maximum atomic E-state index is 11.8. The second-order valence-corrected chi connectivity index (χ2v) is 5.35. The topological polar surface area (TPSA) is 46.5 Å². The van der Waals surface area contributed by atoms with E-state index in [0.717, 1.165) is 12.0 Å². The number of benzene rings is 1. The van der Waals surface area contributed by atoms with Crippen molar-refractivity contribution in [3.8, 4) is 0 Å². The van der Waals surface area contributed by atoms with Gasteiger partial charge in [0, 0.05) is 6.21 Å². The van der Waals surface area contributed by atoms with Crippen LogP contribution in [0.3, 0.4) is 0 Å². The molecule has 92 valence electrons. The second-order valence-electron chi connectivity index (χ2n) is 3.72. The van der Waals surface area contributed by atoms with Crippen LogP contribution in [0.2, 0.25) is 0 Å². The second kappa shape index (κ2) is 6.35. The quantitative estimate of drug-likeness (QED) is 0.458. The third kappa shape index (κ3) is 4.53. The average Bonchev–Trinajstić information content (AvgIpc) is 2.29. The predicted octanol–water partition coefficient (Wildman–Crippen LogP) is 3.11. The van der Waals surface area contributed by atoms with Crippen LogP contribution < -0.4 is 0 Å². The Morgan fingerprint density at radius 2 is 1.82 bits per heavy atom. The molecule has 0 fully saturated rings. The van der Waals surface area contributed by atoms with E-state index in [1.807, 2.05) is 26.0 Å². The minimum absolute atomic E-state index is 0.241. The summed E-state index contributed by atoms with van der Waals surface area (Å²) in [4.78, 5) is 0.241. The summed E-state index contributed by atoms with van der Waals surface area (Å²) in [6, 6.07) is 6.69. The zero-order valence-electron chi connectivity index (χ0n) is 10.1. The highest BCUT2D eigenvalue weighted by Crippen LogP contribution is 2.12. The number of allylic oxidation sites excluding steroid dienone is 2. The van der Waals surface area contributed by atoms with Gasteiger partial charge in [0.2, 0.25) is 0 Å². The van der Waals surface area contributed by atoms with Crippen molar-refractivity contribution in [3.05, 3.63) is 42.0 Å². The smallest absolute Gasteiger partial charge is 0.199 e. The maximum absolute atomic E-state index is 11.8. The summed E-state index contributed by atoms with van der Waals surface area (Å²) < 4.78 is 27.2. The fourth-order valence-electron chi connectivity index (χ4n) is 1.26. The molecule has 0 unspecified atom stereocenters.